The third-order valence-corrected chi connectivity index (χ3v) is 5.75. The summed E-state index contributed by atoms with van der Waals surface area (Å²) in [7, 11) is 1.37. The van der Waals surface area contributed by atoms with Crippen molar-refractivity contribution in [1.29, 1.82) is 0 Å². The molecule has 0 aliphatic carbocycles. The molecule has 26 heavy (non-hydrogen) atoms. The maximum Gasteiger partial charge on any atom is 0.337 e. The molecule has 2 aliphatic heterocycles. The minimum absolute atomic E-state index is 0.109. The van der Waals surface area contributed by atoms with E-state index < -0.39 is 5.54 Å². The van der Waals surface area contributed by atoms with Crippen LogP contribution in [0, 0.1) is 0 Å². The predicted octanol–water partition coefficient (Wildman–Crippen LogP) is 2.62. The van der Waals surface area contributed by atoms with Crippen LogP contribution in [0.25, 0.3) is 0 Å². The van der Waals surface area contributed by atoms with Crippen LogP contribution in [0.3, 0.4) is 0 Å². The molecule has 6 nitrogen and oxygen atoms in total. The van der Waals surface area contributed by atoms with Crippen molar-refractivity contribution >= 4 is 33.5 Å². The van der Waals surface area contributed by atoms with E-state index in [1.165, 1.54) is 7.11 Å². The van der Waals surface area contributed by atoms with Crippen molar-refractivity contribution in [2.75, 3.05) is 38.3 Å². The van der Waals surface area contributed by atoms with E-state index >= 15 is 0 Å². The summed E-state index contributed by atoms with van der Waals surface area (Å²) in [5.74, 6) is -0.269. The van der Waals surface area contributed by atoms with Crippen LogP contribution in [-0.2, 0) is 20.7 Å². The number of methoxy groups -OCH3 is 1. The second kappa shape index (κ2) is 7.19. The van der Waals surface area contributed by atoms with Crippen molar-refractivity contribution in [3.63, 3.8) is 0 Å². The number of hydrogen-bond donors (Lipinski definition) is 0. The summed E-state index contributed by atoms with van der Waals surface area (Å²) in [6.45, 7) is 8.55. The highest BCUT2D eigenvalue weighted by atomic mass is 79.9. The first kappa shape index (κ1) is 19.2. The lowest BCUT2D eigenvalue weighted by Gasteiger charge is -2.43. The van der Waals surface area contributed by atoms with Gasteiger partial charge in [0.1, 0.15) is 5.54 Å². The van der Waals surface area contributed by atoms with Crippen molar-refractivity contribution in [1.82, 2.24) is 4.90 Å². The van der Waals surface area contributed by atoms with Crippen LogP contribution in [0.2, 0.25) is 0 Å². The second-order valence-corrected chi connectivity index (χ2v) is 8.13. The van der Waals surface area contributed by atoms with Crippen molar-refractivity contribution in [3.8, 4) is 0 Å². The number of fused-ring (bicyclic) bond motifs is 1. The van der Waals surface area contributed by atoms with Gasteiger partial charge in [-0.3, -0.25) is 4.79 Å². The minimum atomic E-state index is -0.689. The van der Waals surface area contributed by atoms with E-state index in [2.05, 4.69) is 34.7 Å². The lowest BCUT2D eigenvalue weighted by atomic mass is 9.93. The van der Waals surface area contributed by atoms with Crippen LogP contribution in [0.5, 0.6) is 0 Å². The van der Waals surface area contributed by atoms with E-state index in [0.29, 0.717) is 38.3 Å². The van der Waals surface area contributed by atoms with Crippen LogP contribution in [0.15, 0.2) is 16.6 Å². The Bertz CT molecular complexity index is 730. The SMILES string of the molecule is COC(=O)c1cc(Br)c2c(c1)CC(C)(C(=O)N1CCOCC1)N2C(C)C. The number of morpholine rings is 1. The van der Waals surface area contributed by atoms with Gasteiger partial charge in [0.2, 0.25) is 5.91 Å². The van der Waals surface area contributed by atoms with Gasteiger partial charge in [0, 0.05) is 30.0 Å². The zero-order chi connectivity index (χ0) is 19.1. The number of nitrogens with zero attached hydrogens (tertiary/aromatic N) is 2. The third-order valence-electron chi connectivity index (χ3n) is 5.15. The van der Waals surface area contributed by atoms with E-state index in [4.69, 9.17) is 9.47 Å². The van der Waals surface area contributed by atoms with Crippen LogP contribution in [0.1, 0.15) is 36.7 Å². The lowest BCUT2D eigenvalue weighted by Crippen LogP contribution is -2.60. The topological polar surface area (TPSA) is 59.1 Å². The summed E-state index contributed by atoms with van der Waals surface area (Å²) in [6, 6.07) is 3.75. The Kier molecular flexibility index (Phi) is 5.30. The van der Waals surface area contributed by atoms with E-state index in [1.807, 2.05) is 17.9 Å². The molecule has 2 heterocycles. The highest BCUT2D eigenvalue weighted by Gasteiger charge is 2.49. The minimum Gasteiger partial charge on any atom is -0.465 e. The van der Waals surface area contributed by atoms with Gasteiger partial charge < -0.3 is 19.3 Å². The van der Waals surface area contributed by atoms with E-state index in [0.717, 1.165) is 15.7 Å². The van der Waals surface area contributed by atoms with Gasteiger partial charge in [-0.1, -0.05) is 0 Å². The second-order valence-electron chi connectivity index (χ2n) is 7.28. The molecule has 0 aromatic heterocycles. The number of amides is 1. The van der Waals surface area contributed by atoms with Crippen molar-refractivity contribution in [3.05, 3.63) is 27.7 Å². The number of halogens is 1. The standard InChI is InChI=1S/C19H25BrN2O4/c1-12(2)22-16-14(9-13(10-15(16)20)17(23)25-4)11-19(22,3)18(24)21-5-7-26-8-6-21/h9-10,12H,5-8,11H2,1-4H3. The molecule has 1 unspecified atom stereocenters. The molecule has 0 N–H and O–H groups in total. The highest BCUT2D eigenvalue weighted by Crippen LogP contribution is 2.46. The van der Waals surface area contributed by atoms with Gasteiger partial charge in [0.15, 0.2) is 0 Å². The number of esters is 1. The zero-order valence-electron chi connectivity index (χ0n) is 15.7. The maximum atomic E-state index is 13.4. The molecule has 1 saturated heterocycles. The Morgan fingerprint density at radius 2 is 1.92 bits per heavy atom. The van der Waals surface area contributed by atoms with Gasteiger partial charge in [0.05, 0.1) is 31.6 Å². The molecule has 1 fully saturated rings. The molecule has 0 spiro atoms. The Labute approximate surface area is 162 Å². The summed E-state index contributed by atoms with van der Waals surface area (Å²) in [5, 5.41) is 0. The van der Waals surface area contributed by atoms with Gasteiger partial charge in [-0.25, -0.2) is 4.79 Å². The van der Waals surface area contributed by atoms with Crippen molar-refractivity contribution in [2.24, 2.45) is 0 Å². The molecule has 1 amide bonds. The molecular formula is C19H25BrN2O4. The number of anilines is 1. The fraction of sp³-hybridized carbons (Fsp3) is 0.579. The Morgan fingerprint density at radius 1 is 1.27 bits per heavy atom. The van der Waals surface area contributed by atoms with E-state index in [-0.39, 0.29) is 17.9 Å². The number of carbonyl (C=O) groups excluding carboxylic acids is 2. The maximum absolute atomic E-state index is 13.4. The van der Waals surface area contributed by atoms with Crippen LogP contribution in [-0.4, -0.2) is 61.8 Å². The molecule has 1 atom stereocenters. The fourth-order valence-electron chi connectivity index (χ4n) is 4.11. The summed E-state index contributed by atoms with van der Waals surface area (Å²) < 4.78 is 11.1. The summed E-state index contributed by atoms with van der Waals surface area (Å²) in [4.78, 5) is 29.5. The molecule has 0 saturated carbocycles. The van der Waals surface area contributed by atoms with Crippen molar-refractivity contribution in [2.45, 2.75) is 38.8 Å². The third kappa shape index (κ3) is 3.11. The normalized spacial score (nSPS) is 22.5. The quantitative estimate of drug-likeness (QED) is 0.697. The lowest BCUT2D eigenvalue weighted by molar-refractivity contribution is -0.140. The number of rotatable bonds is 3. The molecule has 0 radical (unpaired) electrons. The molecular weight excluding hydrogens is 400 g/mol. The van der Waals surface area contributed by atoms with Crippen LogP contribution >= 0.6 is 15.9 Å². The van der Waals surface area contributed by atoms with Crippen LogP contribution < -0.4 is 4.90 Å². The summed E-state index contributed by atoms with van der Waals surface area (Å²) in [6.07, 6.45) is 0.556. The molecule has 142 valence electrons. The average molecular weight is 425 g/mol. The summed E-state index contributed by atoms with van der Waals surface area (Å²) >= 11 is 3.61. The molecule has 3 rings (SSSR count). The predicted molar refractivity (Wildman–Crippen MR) is 103 cm³/mol. The number of ether oxygens (including phenoxy) is 2. The first-order chi connectivity index (χ1) is 12.3. The molecule has 2 aliphatic rings. The molecule has 7 heteroatoms. The van der Waals surface area contributed by atoms with Gasteiger partial charge >= 0.3 is 5.97 Å². The molecule has 1 aromatic carbocycles. The fourth-order valence-corrected chi connectivity index (χ4v) is 4.81. The number of benzene rings is 1. The van der Waals surface area contributed by atoms with Gasteiger partial charge in [-0.2, -0.15) is 0 Å². The smallest absolute Gasteiger partial charge is 0.337 e. The Hall–Kier alpha value is -1.60. The first-order valence-electron chi connectivity index (χ1n) is 8.86. The first-order valence-corrected chi connectivity index (χ1v) is 9.66. The molecule has 0 bridgehead atoms. The average Bonchev–Trinajstić information content (AvgIpc) is 2.95. The highest BCUT2D eigenvalue weighted by molar-refractivity contribution is 9.10. The number of carbonyl (C=O) groups is 2. The summed E-state index contributed by atoms with van der Waals surface area (Å²) in [5.41, 5.74) is 1.77. The zero-order valence-corrected chi connectivity index (χ0v) is 17.3. The van der Waals surface area contributed by atoms with Crippen LogP contribution in [0.4, 0.5) is 5.69 Å². The van der Waals surface area contributed by atoms with Crippen molar-refractivity contribution < 1.29 is 19.1 Å². The van der Waals surface area contributed by atoms with Gasteiger partial charge in [-0.05, 0) is 54.4 Å². The van der Waals surface area contributed by atoms with Gasteiger partial charge in [-0.15, -0.1) is 0 Å². The Balaban J connectivity index is 2.03. The Morgan fingerprint density at radius 3 is 2.50 bits per heavy atom. The largest absolute Gasteiger partial charge is 0.465 e. The number of hydrogen-bond acceptors (Lipinski definition) is 5. The molecule has 1 aromatic rings. The monoisotopic (exact) mass is 424 g/mol. The van der Waals surface area contributed by atoms with E-state index in [9.17, 15) is 9.59 Å². The van der Waals surface area contributed by atoms with E-state index in [1.54, 1.807) is 6.07 Å². The van der Waals surface area contributed by atoms with Gasteiger partial charge in [0.25, 0.3) is 0 Å².